The molecule has 1 fully saturated rings. The number of H-pyrrole nitrogens is 1. The Bertz CT molecular complexity index is 1260. The van der Waals surface area contributed by atoms with Crippen LogP contribution < -0.4 is 5.56 Å². The van der Waals surface area contributed by atoms with Gasteiger partial charge in [0, 0.05) is 29.6 Å². The van der Waals surface area contributed by atoms with Crippen molar-refractivity contribution in [2.24, 2.45) is 0 Å². The van der Waals surface area contributed by atoms with Gasteiger partial charge in [-0.2, -0.15) is 4.31 Å². The van der Waals surface area contributed by atoms with Gasteiger partial charge in [-0.25, -0.2) is 13.4 Å². The van der Waals surface area contributed by atoms with Crippen LogP contribution in [0, 0.1) is 6.92 Å². The van der Waals surface area contributed by atoms with Crippen LogP contribution in [0.4, 0.5) is 0 Å². The molecule has 0 atom stereocenters. The predicted molar refractivity (Wildman–Crippen MR) is 110 cm³/mol. The topological polar surface area (TPSA) is 109 Å². The van der Waals surface area contributed by atoms with Crippen molar-refractivity contribution < 1.29 is 12.9 Å². The van der Waals surface area contributed by atoms with Gasteiger partial charge >= 0.3 is 0 Å². The van der Waals surface area contributed by atoms with Crippen molar-refractivity contribution in [1.82, 2.24) is 19.4 Å². The lowest BCUT2D eigenvalue weighted by Crippen LogP contribution is -2.44. The van der Waals surface area contributed by atoms with Crippen LogP contribution in [0.2, 0.25) is 0 Å². The lowest BCUT2D eigenvalue weighted by atomic mass is 9.76. The van der Waals surface area contributed by atoms with Crippen LogP contribution in [0.1, 0.15) is 36.3 Å². The molecule has 0 saturated carbocycles. The molecular formula is C21H22N4O4S. The molecule has 156 valence electrons. The largest absolute Gasteiger partial charge is 0.360 e. The molecule has 2 aliphatic rings. The monoisotopic (exact) mass is 426 g/mol. The summed E-state index contributed by atoms with van der Waals surface area (Å²) in [7, 11) is -3.64. The van der Waals surface area contributed by atoms with Gasteiger partial charge in [0.25, 0.3) is 5.56 Å². The number of benzene rings is 1. The minimum Gasteiger partial charge on any atom is -0.360 e. The van der Waals surface area contributed by atoms with Crippen LogP contribution in [0.25, 0.3) is 11.4 Å². The lowest BCUT2D eigenvalue weighted by Gasteiger charge is -2.38. The summed E-state index contributed by atoms with van der Waals surface area (Å²) < 4.78 is 32.4. The highest BCUT2D eigenvalue weighted by Gasteiger charge is 2.46. The molecule has 0 radical (unpaired) electrons. The number of aryl methyl sites for hydroxylation is 1. The fraction of sp³-hybridized carbons (Fsp3) is 0.381. The third kappa shape index (κ3) is 2.92. The first-order valence-corrected chi connectivity index (χ1v) is 11.5. The second kappa shape index (κ2) is 6.88. The van der Waals surface area contributed by atoms with Crippen molar-refractivity contribution in [3.05, 3.63) is 63.9 Å². The number of nitrogens with one attached hydrogen (secondary N) is 1. The zero-order valence-electron chi connectivity index (χ0n) is 16.6. The van der Waals surface area contributed by atoms with E-state index in [-0.39, 0.29) is 15.9 Å². The average molecular weight is 426 g/mol. The highest BCUT2D eigenvalue weighted by atomic mass is 32.2. The molecule has 8 nitrogen and oxygen atoms in total. The van der Waals surface area contributed by atoms with Crippen molar-refractivity contribution in [2.45, 2.75) is 42.9 Å². The van der Waals surface area contributed by atoms with Crippen molar-refractivity contribution in [2.75, 3.05) is 13.1 Å². The van der Waals surface area contributed by atoms with Crippen LogP contribution in [-0.4, -0.2) is 40.9 Å². The normalized spacial score (nSPS) is 18.6. The average Bonchev–Trinajstić information content (AvgIpc) is 3.34. The van der Waals surface area contributed by atoms with E-state index >= 15 is 0 Å². The molecular weight excluding hydrogens is 404 g/mol. The number of piperidine rings is 1. The van der Waals surface area contributed by atoms with Gasteiger partial charge < -0.3 is 9.51 Å². The maximum Gasteiger partial charge on any atom is 0.254 e. The van der Waals surface area contributed by atoms with Gasteiger partial charge in [-0.1, -0.05) is 35.5 Å². The van der Waals surface area contributed by atoms with E-state index in [1.54, 1.807) is 6.92 Å². The van der Waals surface area contributed by atoms with E-state index in [4.69, 9.17) is 9.51 Å². The van der Waals surface area contributed by atoms with Gasteiger partial charge in [-0.3, -0.25) is 4.79 Å². The molecule has 30 heavy (non-hydrogen) atoms. The molecule has 9 heteroatoms. The van der Waals surface area contributed by atoms with E-state index in [0.29, 0.717) is 43.9 Å². The van der Waals surface area contributed by atoms with Gasteiger partial charge in [-0.15, -0.1) is 0 Å². The third-order valence-electron chi connectivity index (χ3n) is 6.42. The van der Waals surface area contributed by atoms with Crippen molar-refractivity contribution in [3.63, 3.8) is 0 Å². The quantitative estimate of drug-likeness (QED) is 0.689. The fourth-order valence-corrected chi connectivity index (χ4v) is 6.22. The minimum atomic E-state index is -3.64. The molecule has 1 N–H and O–H groups in total. The molecule has 1 aromatic carbocycles. The summed E-state index contributed by atoms with van der Waals surface area (Å²) in [5.41, 5.74) is 2.08. The molecule has 3 aromatic rings. The summed E-state index contributed by atoms with van der Waals surface area (Å²) in [4.78, 5) is 20.6. The van der Waals surface area contributed by atoms with E-state index in [0.717, 1.165) is 23.2 Å². The summed E-state index contributed by atoms with van der Waals surface area (Å²) in [5.74, 6) is 0.859. The highest BCUT2D eigenvalue weighted by molar-refractivity contribution is 7.89. The summed E-state index contributed by atoms with van der Waals surface area (Å²) >= 11 is 0. The zero-order valence-corrected chi connectivity index (χ0v) is 17.4. The molecule has 3 heterocycles. The predicted octanol–water partition coefficient (Wildman–Crippen LogP) is 2.40. The van der Waals surface area contributed by atoms with E-state index in [1.807, 2.05) is 30.3 Å². The molecule has 0 unspecified atom stereocenters. The molecule has 2 aromatic heterocycles. The SMILES string of the molecule is Cc1oncc1S(=O)(=O)N1CCC2(CCc3c2nc(-c2ccccc2)[nH]c3=O)CC1. The third-order valence-corrected chi connectivity index (χ3v) is 8.42. The van der Waals surface area contributed by atoms with Crippen molar-refractivity contribution in [1.29, 1.82) is 0 Å². The van der Waals surface area contributed by atoms with Crippen LogP contribution in [-0.2, 0) is 21.9 Å². The van der Waals surface area contributed by atoms with Gasteiger partial charge in [0.2, 0.25) is 10.0 Å². The Labute approximate surface area is 174 Å². The number of fused-ring (bicyclic) bond motifs is 2. The van der Waals surface area contributed by atoms with E-state index < -0.39 is 10.0 Å². The van der Waals surface area contributed by atoms with Crippen LogP contribution in [0.15, 0.2) is 50.7 Å². The minimum absolute atomic E-state index is 0.0918. The standard InChI is InChI=1S/C21H22N4O4S/c1-14-17(13-22-29-14)30(27,28)25-11-9-21(10-12-25)8-7-16-18(21)23-19(24-20(16)26)15-5-3-2-4-6-15/h2-6,13H,7-12H2,1H3,(H,23,24,26). The Balaban J connectivity index is 1.46. The van der Waals surface area contributed by atoms with Gasteiger partial charge in [0.15, 0.2) is 5.76 Å². The lowest BCUT2D eigenvalue weighted by molar-refractivity contribution is 0.228. The van der Waals surface area contributed by atoms with Crippen LogP contribution >= 0.6 is 0 Å². The second-order valence-corrected chi connectivity index (χ2v) is 9.94. The van der Waals surface area contributed by atoms with Gasteiger partial charge in [0.1, 0.15) is 10.7 Å². The summed E-state index contributed by atoms with van der Waals surface area (Å²) in [6.07, 6.45) is 4.01. The first-order chi connectivity index (χ1) is 14.4. The van der Waals surface area contributed by atoms with Crippen molar-refractivity contribution >= 4 is 10.0 Å². The number of hydrogen-bond donors (Lipinski definition) is 1. The molecule has 1 spiro atoms. The molecule has 5 rings (SSSR count). The smallest absolute Gasteiger partial charge is 0.254 e. The Kier molecular flexibility index (Phi) is 4.41. The van der Waals surface area contributed by atoms with Crippen LogP contribution in [0.5, 0.6) is 0 Å². The van der Waals surface area contributed by atoms with Crippen LogP contribution in [0.3, 0.4) is 0 Å². The van der Waals surface area contributed by atoms with E-state index in [9.17, 15) is 13.2 Å². The summed E-state index contributed by atoms with van der Waals surface area (Å²) in [6.45, 7) is 2.35. The number of sulfonamides is 1. The molecule has 1 aliphatic carbocycles. The summed E-state index contributed by atoms with van der Waals surface area (Å²) in [6, 6.07) is 9.58. The Morgan fingerprint density at radius 2 is 1.87 bits per heavy atom. The number of aromatic amines is 1. The number of nitrogens with zero attached hydrogens (tertiary/aromatic N) is 3. The van der Waals surface area contributed by atoms with Gasteiger partial charge in [-0.05, 0) is 32.6 Å². The molecule has 1 saturated heterocycles. The number of aromatic nitrogens is 3. The highest BCUT2D eigenvalue weighted by Crippen LogP contribution is 2.45. The first-order valence-electron chi connectivity index (χ1n) is 10.0. The summed E-state index contributed by atoms with van der Waals surface area (Å²) in [5, 5.41) is 3.60. The Morgan fingerprint density at radius 3 is 2.53 bits per heavy atom. The van der Waals surface area contributed by atoms with Crippen molar-refractivity contribution in [3.8, 4) is 11.4 Å². The molecule has 0 bridgehead atoms. The Hall–Kier alpha value is -2.78. The second-order valence-electron chi connectivity index (χ2n) is 8.04. The van der Waals surface area contributed by atoms with Gasteiger partial charge in [0.05, 0.1) is 11.9 Å². The van der Waals surface area contributed by atoms with E-state index in [2.05, 4.69) is 10.1 Å². The van der Waals surface area contributed by atoms with E-state index in [1.165, 1.54) is 10.5 Å². The number of rotatable bonds is 3. The number of hydrogen-bond acceptors (Lipinski definition) is 6. The maximum absolute atomic E-state index is 13.0. The first kappa shape index (κ1) is 19.2. The molecule has 0 amide bonds. The fourth-order valence-electron chi connectivity index (χ4n) is 4.70. The zero-order chi connectivity index (χ0) is 20.9. The maximum atomic E-state index is 13.0. The Morgan fingerprint density at radius 1 is 1.13 bits per heavy atom. The molecule has 1 aliphatic heterocycles.